The molecular weight excluding hydrogens is 255 g/mol. The van der Waals surface area contributed by atoms with Crippen molar-refractivity contribution in [2.75, 3.05) is 5.32 Å². The number of aromatic nitrogens is 2. The highest BCUT2D eigenvalue weighted by Gasteiger charge is 2.35. The quantitative estimate of drug-likeness (QED) is 0.657. The highest BCUT2D eigenvalue weighted by molar-refractivity contribution is 6.29. The standard InChI is InChI=1S/C10H9ClF3N3/c11-7-5-8(15-6-3-1-2-4-6)17-9(16-7)10(12,13)14/h1-2,5-6H,3-4H2,(H,15,16,17). The van der Waals surface area contributed by atoms with Crippen LogP contribution in [-0.2, 0) is 6.18 Å². The Morgan fingerprint density at radius 3 is 2.47 bits per heavy atom. The van der Waals surface area contributed by atoms with Crippen LogP contribution < -0.4 is 5.32 Å². The smallest absolute Gasteiger partial charge is 0.367 e. The van der Waals surface area contributed by atoms with Crippen LogP contribution in [0.4, 0.5) is 19.0 Å². The lowest BCUT2D eigenvalue weighted by Crippen LogP contribution is -2.18. The molecule has 0 amide bonds. The molecule has 0 fully saturated rings. The molecule has 1 aromatic heterocycles. The highest BCUT2D eigenvalue weighted by atomic mass is 35.5. The number of alkyl halides is 3. The third-order valence-corrected chi connectivity index (χ3v) is 2.50. The zero-order valence-electron chi connectivity index (χ0n) is 8.63. The summed E-state index contributed by atoms with van der Waals surface area (Å²) in [5.41, 5.74) is 0. The Balaban J connectivity index is 2.19. The molecule has 0 saturated carbocycles. The fraction of sp³-hybridized carbons (Fsp3) is 0.400. The SMILES string of the molecule is FC(F)(F)c1nc(Cl)cc(NC2CC=CC2)n1. The van der Waals surface area contributed by atoms with E-state index in [4.69, 9.17) is 11.6 Å². The average Bonchev–Trinajstić information content (AvgIpc) is 2.68. The van der Waals surface area contributed by atoms with Gasteiger partial charge in [-0.2, -0.15) is 13.2 Å². The molecule has 17 heavy (non-hydrogen) atoms. The second-order valence-corrected chi connectivity index (χ2v) is 4.07. The molecule has 2 rings (SSSR count). The number of hydrogen-bond donors (Lipinski definition) is 1. The molecule has 0 radical (unpaired) electrons. The van der Waals surface area contributed by atoms with Crippen LogP contribution in [0.1, 0.15) is 18.7 Å². The molecular formula is C10H9ClF3N3. The number of nitrogens with one attached hydrogen (secondary N) is 1. The van der Waals surface area contributed by atoms with E-state index in [1.54, 1.807) is 0 Å². The van der Waals surface area contributed by atoms with E-state index < -0.39 is 12.0 Å². The first kappa shape index (κ1) is 12.2. The first-order valence-corrected chi connectivity index (χ1v) is 5.36. The number of hydrogen-bond acceptors (Lipinski definition) is 3. The lowest BCUT2D eigenvalue weighted by atomic mass is 10.2. The van der Waals surface area contributed by atoms with Gasteiger partial charge in [0.1, 0.15) is 11.0 Å². The Kier molecular flexibility index (Phi) is 3.24. The molecule has 1 aliphatic rings. The normalized spacial score (nSPS) is 16.5. The number of anilines is 1. The maximum Gasteiger partial charge on any atom is 0.451 e. The van der Waals surface area contributed by atoms with Crippen molar-refractivity contribution in [1.29, 1.82) is 0 Å². The summed E-state index contributed by atoms with van der Waals surface area (Å²) in [5, 5.41) is 2.67. The minimum atomic E-state index is -4.59. The van der Waals surface area contributed by atoms with Crippen LogP contribution in [0, 0.1) is 0 Å². The van der Waals surface area contributed by atoms with E-state index in [1.807, 2.05) is 12.2 Å². The Labute approximate surface area is 101 Å². The van der Waals surface area contributed by atoms with Crippen LogP contribution in [0.15, 0.2) is 18.2 Å². The Bertz CT molecular complexity index is 437. The summed E-state index contributed by atoms with van der Waals surface area (Å²) in [6.45, 7) is 0. The van der Waals surface area contributed by atoms with Gasteiger partial charge < -0.3 is 5.32 Å². The van der Waals surface area contributed by atoms with Crippen LogP contribution in [0.2, 0.25) is 5.15 Å². The minimum absolute atomic E-state index is 0.0713. The summed E-state index contributed by atoms with van der Waals surface area (Å²) in [4.78, 5) is 6.56. The molecule has 0 atom stereocenters. The predicted molar refractivity (Wildman–Crippen MR) is 57.8 cm³/mol. The van der Waals surface area contributed by atoms with Crippen LogP contribution >= 0.6 is 11.6 Å². The Hall–Kier alpha value is -1.30. The number of halogens is 4. The first-order chi connectivity index (χ1) is 7.95. The van der Waals surface area contributed by atoms with Crippen molar-refractivity contribution in [2.24, 2.45) is 0 Å². The summed E-state index contributed by atoms with van der Waals surface area (Å²) >= 11 is 5.53. The van der Waals surface area contributed by atoms with E-state index >= 15 is 0 Å². The third kappa shape index (κ3) is 3.09. The van der Waals surface area contributed by atoms with Crippen molar-refractivity contribution in [1.82, 2.24) is 9.97 Å². The Morgan fingerprint density at radius 2 is 1.88 bits per heavy atom. The van der Waals surface area contributed by atoms with Gasteiger partial charge in [0.15, 0.2) is 0 Å². The lowest BCUT2D eigenvalue weighted by molar-refractivity contribution is -0.144. The Morgan fingerprint density at radius 1 is 1.24 bits per heavy atom. The van der Waals surface area contributed by atoms with Crippen LogP contribution in [0.3, 0.4) is 0 Å². The van der Waals surface area contributed by atoms with Crippen LogP contribution in [0.5, 0.6) is 0 Å². The van der Waals surface area contributed by atoms with E-state index in [0.29, 0.717) is 0 Å². The summed E-state index contributed by atoms with van der Waals surface area (Å²) in [7, 11) is 0. The largest absolute Gasteiger partial charge is 0.451 e. The molecule has 0 aromatic carbocycles. The molecule has 3 nitrogen and oxygen atoms in total. The van der Waals surface area contributed by atoms with Crippen molar-refractivity contribution in [3.63, 3.8) is 0 Å². The second-order valence-electron chi connectivity index (χ2n) is 3.68. The molecule has 0 aliphatic heterocycles. The van der Waals surface area contributed by atoms with Gasteiger partial charge in [-0.05, 0) is 12.8 Å². The topological polar surface area (TPSA) is 37.8 Å². The van der Waals surface area contributed by atoms with Crippen LogP contribution in [0.25, 0.3) is 0 Å². The van der Waals surface area contributed by atoms with Gasteiger partial charge in [0.25, 0.3) is 0 Å². The fourth-order valence-corrected chi connectivity index (χ4v) is 1.75. The molecule has 1 aromatic rings. The van der Waals surface area contributed by atoms with Gasteiger partial charge >= 0.3 is 6.18 Å². The molecule has 1 heterocycles. The van der Waals surface area contributed by atoms with Gasteiger partial charge in [0, 0.05) is 12.1 Å². The fourth-order valence-electron chi connectivity index (χ4n) is 1.56. The summed E-state index contributed by atoms with van der Waals surface area (Å²) in [5.74, 6) is -1.12. The van der Waals surface area contributed by atoms with Gasteiger partial charge in [0.05, 0.1) is 0 Å². The molecule has 7 heteroatoms. The van der Waals surface area contributed by atoms with Crippen LogP contribution in [-0.4, -0.2) is 16.0 Å². The lowest BCUT2D eigenvalue weighted by Gasteiger charge is -2.14. The van der Waals surface area contributed by atoms with Crippen molar-refractivity contribution in [3.8, 4) is 0 Å². The highest BCUT2D eigenvalue weighted by Crippen LogP contribution is 2.28. The van der Waals surface area contributed by atoms with Gasteiger partial charge in [-0.3, -0.25) is 0 Å². The summed E-state index contributed by atoms with van der Waals surface area (Å²) in [6, 6.07) is 1.36. The minimum Gasteiger partial charge on any atom is -0.367 e. The van der Waals surface area contributed by atoms with E-state index in [2.05, 4.69) is 15.3 Å². The number of rotatable bonds is 2. The molecule has 0 spiro atoms. The zero-order valence-corrected chi connectivity index (χ0v) is 9.39. The van der Waals surface area contributed by atoms with Crippen molar-refractivity contribution >= 4 is 17.4 Å². The third-order valence-electron chi connectivity index (χ3n) is 2.31. The predicted octanol–water partition coefficient (Wildman–Crippen LogP) is 3.28. The van der Waals surface area contributed by atoms with Gasteiger partial charge in [-0.1, -0.05) is 23.8 Å². The maximum absolute atomic E-state index is 12.4. The van der Waals surface area contributed by atoms with E-state index in [9.17, 15) is 13.2 Å². The first-order valence-electron chi connectivity index (χ1n) is 4.98. The molecule has 0 saturated heterocycles. The van der Waals surface area contributed by atoms with E-state index in [-0.39, 0.29) is 17.0 Å². The van der Waals surface area contributed by atoms with Gasteiger partial charge in [0.2, 0.25) is 5.82 Å². The average molecular weight is 264 g/mol. The second kappa shape index (κ2) is 4.52. The van der Waals surface area contributed by atoms with Gasteiger partial charge in [-0.25, -0.2) is 9.97 Å². The summed E-state index contributed by atoms with van der Waals surface area (Å²) in [6.07, 6.45) is 0.872. The van der Waals surface area contributed by atoms with Gasteiger partial charge in [-0.15, -0.1) is 0 Å². The zero-order chi connectivity index (χ0) is 12.5. The summed E-state index contributed by atoms with van der Waals surface area (Å²) < 4.78 is 37.3. The number of nitrogens with zero attached hydrogens (tertiary/aromatic N) is 2. The van der Waals surface area contributed by atoms with E-state index in [1.165, 1.54) is 6.07 Å². The molecule has 0 bridgehead atoms. The molecule has 1 N–H and O–H groups in total. The van der Waals surface area contributed by atoms with Crippen molar-refractivity contribution < 1.29 is 13.2 Å². The van der Waals surface area contributed by atoms with E-state index in [0.717, 1.165) is 12.8 Å². The monoisotopic (exact) mass is 263 g/mol. The molecule has 1 aliphatic carbocycles. The van der Waals surface area contributed by atoms with Crippen molar-refractivity contribution in [2.45, 2.75) is 25.1 Å². The molecule has 0 unspecified atom stereocenters. The molecule has 92 valence electrons. The maximum atomic E-state index is 12.4. The van der Waals surface area contributed by atoms with Crippen molar-refractivity contribution in [3.05, 3.63) is 29.2 Å².